The molecule has 3 aromatic heterocycles. The predicted octanol–water partition coefficient (Wildman–Crippen LogP) is 1.66. The molecule has 0 amide bonds. The maximum absolute atomic E-state index is 14.0. The first kappa shape index (κ1) is 13.2. The summed E-state index contributed by atoms with van der Waals surface area (Å²) in [4.78, 5) is 4.60. The predicted molar refractivity (Wildman–Crippen MR) is 72.0 cm³/mol. The molecule has 0 aliphatic heterocycles. The van der Waals surface area contributed by atoms with Crippen LogP contribution in [-0.4, -0.2) is 23.8 Å². The van der Waals surface area contributed by atoms with E-state index >= 15 is 0 Å². The van der Waals surface area contributed by atoms with Crippen LogP contribution in [0.25, 0.3) is 5.52 Å². The number of aromatic nitrogens is 4. The molecule has 0 aliphatic carbocycles. The number of hydrogen-bond acceptors (Lipinski definition) is 3. The monoisotopic (exact) mass is 313 g/mol. The van der Waals surface area contributed by atoms with Gasteiger partial charge in [-0.2, -0.15) is 5.10 Å². The van der Waals surface area contributed by atoms with Gasteiger partial charge in [0.15, 0.2) is 5.82 Å². The van der Waals surface area contributed by atoms with Crippen molar-refractivity contribution in [2.75, 3.05) is 0 Å². The van der Waals surface area contributed by atoms with Gasteiger partial charge in [0.05, 0.1) is 34.7 Å². The van der Waals surface area contributed by atoms with Crippen LogP contribution in [0.15, 0.2) is 35.9 Å². The second kappa shape index (κ2) is 5.31. The lowest BCUT2D eigenvalue weighted by molar-refractivity contribution is 0.631. The Hall–Kier alpha value is -1.77. The van der Waals surface area contributed by atoms with Gasteiger partial charge in [-0.25, -0.2) is 18.3 Å². The molecule has 3 aromatic rings. The summed E-state index contributed by atoms with van der Waals surface area (Å²) in [5.74, 6) is -0.544. The largest absolute Gasteiger partial charge is 0.303 e. The summed E-state index contributed by atoms with van der Waals surface area (Å²) in [7, 11) is -1.44. The van der Waals surface area contributed by atoms with Crippen LogP contribution in [0.2, 0.25) is 5.02 Å². The van der Waals surface area contributed by atoms with Crippen molar-refractivity contribution in [3.05, 3.63) is 47.5 Å². The van der Waals surface area contributed by atoms with E-state index in [9.17, 15) is 8.60 Å². The molecule has 3 heterocycles. The Morgan fingerprint density at radius 1 is 1.55 bits per heavy atom. The second-order valence-electron chi connectivity index (χ2n) is 3.95. The van der Waals surface area contributed by atoms with Crippen molar-refractivity contribution in [3.8, 4) is 0 Å². The summed E-state index contributed by atoms with van der Waals surface area (Å²) in [6, 6.07) is 1.45. The molecule has 20 heavy (non-hydrogen) atoms. The van der Waals surface area contributed by atoms with Gasteiger partial charge in [0.1, 0.15) is 16.5 Å². The van der Waals surface area contributed by atoms with Gasteiger partial charge in [-0.15, -0.1) is 0 Å². The van der Waals surface area contributed by atoms with E-state index in [4.69, 9.17) is 11.6 Å². The Morgan fingerprint density at radius 2 is 2.40 bits per heavy atom. The van der Waals surface area contributed by atoms with Crippen molar-refractivity contribution in [1.29, 1.82) is 0 Å². The summed E-state index contributed by atoms with van der Waals surface area (Å²) in [5, 5.41) is 6.30. The standard InChI is InChI=1S/C11H9ClFN5OS/c12-8-1-2-18-6-14-9(11(18)10(8)13)5-17-20(19)7-3-15-16-4-7/h1-4,6,17H,5H2,(H,15,16). The van der Waals surface area contributed by atoms with Crippen LogP contribution in [-0.2, 0) is 17.5 Å². The van der Waals surface area contributed by atoms with Crippen LogP contribution in [0.5, 0.6) is 0 Å². The van der Waals surface area contributed by atoms with E-state index in [0.29, 0.717) is 10.6 Å². The van der Waals surface area contributed by atoms with Crippen LogP contribution in [0.1, 0.15) is 5.69 Å². The summed E-state index contributed by atoms with van der Waals surface area (Å²) in [5.41, 5.74) is 0.705. The Kier molecular flexibility index (Phi) is 3.51. The van der Waals surface area contributed by atoms with E-state index in [1.807, 2.05) is 0 Å². The fourth-order valence-electron chi connectivity index (χ4n) is 1.77. The number of imidazole rings is 1. The molecule has 1 unspecified atom stereocenters. The summed E-state index contributed by atoms with van der Waals surface area (Å²) < 4.78 is 30.1. The molecule has 104 valence electrons. The van der Waals surface area contributed by atoms with Crippen LogP contribution in [0, 0.1) is 5.82 Å². The van der Waals surface area contributed by atoms with Gasteiger partial charge in [-0.3, -0.25) is 5.10 Å². The first-order valence-corrected chi connectivity index (χ1v) is 7.13. The van der Waals surface area contributed by atoms with Crippen LogP contribution < -0.4 is 4.72 Å². The molecule has 9 heteroatoms. The number of pyridine rings is 1. The lowest BCUT2D eigenvalue weighted by atomic mass is 10.3. The van der Waals surface area contributed by atoms with E-state index in [0.717, 1.165) is 0 Å². The third-order valence-corrected chi connectivity index (χ3v) is 4.08. The lowest BCUT2D eigenvalue weighted by Gasteiger charge is -2.03. The Balaban J connectivity index is 1.85. The highest BCUT2D eigenvalue weighted by Crippen LogP contribution is 2.21. The van der Waals surface area contributed by atoms with Crippen LogP contribution >= 0.6 is 11.6 Å². The van der Waals surface area contributed by atoms with Crippen molar-refractivity contribution < 1.29 is 8.60 Å². The number of rotatable bonds is 4. The number of hydrogen-bond donors (Lipinski definition) is 2. The highest BCUT2D eigenvalue weighted by Gasteiger charge is 2.13. The van der Waals surface area contributed by atoms with Gasteiger partial charge in [0.25, 0.3) is 0 Å². The number of H-pyrrole nitrogens is 1. The Labute approximate surface area is 120 Å². The van der Waals surface area contributed by atoms with Gasteiger partial charge in [-0.05, 0) is 6.07 Å². The number of aromatic amines is 1. The maximum atomic E-state index is 14.0. The molecule has 6 nitrogen and oxygen atoms in total. The quantitative estimate of drug-likeness (QED) is 0.769. The SMILES string of the molecule is O=S(NCc1ncn2ccc(Cl)c(F)c12)c1cn[nH]c1. The first-order chi connectivity index (χ1) is 9.66. The molecule has 0 saturated heterocycles. The molecular formula is C11H9ClFN5OS. The average molecular weight is 314 g/mol. The topological polar surface area (TPSA) is 75.1 Å². The van der Waals surface area contributed by atoms with Gasteiger partial charge >= 0.3 is 0 Å². The van der Waals surface area contributed by atoms with Crippen LogP contribution in [0.3, 0.4) is 0 Å². The van der Waals surface area contributed by atoms with Gasteiger partial charge in [0, 0.05) is 12.4 Å². The Bertz CT molecular complexity index is 773. The van der Waals surface area contributed by atoms with Crippen molar-refractivity contribution >= 4 is 28.1 Å². The van der Waals surface area contributed by atoms with E-state index in [2.05, 4.69) is 19.9 Å². The lowest BCUT2D eigenvalue weighted by Crippen LogP contribution is -2.17. The van der Waals surface area contributed by atoms with Crippen molar-refractivity contribution in [2.24, 2.45) is 0 Å². The fourth-order valence-corrected chi connectivity index (χ4v) is 2.66. The van der Waals surface area contributed by atoms with Gasteiger partial charge in [0.2, 0.25) is 0 Å². The molecule has 0 saturated carbocycles. The molecule has 0 fully saturated rings. The zero-order valence-corrected chi connectivity index (χ0v) is 11.6. The molecule has 0 aromatic carbocycles. The van der Waals surface area contributed by atoms with Crippen molar-refractivity contribution in [2.45, 2.75) is 11.4 Å². The zero-order chi connectivity index (χ0) is 14.1. The molecule has 0 aliphatic rings. The van der Waals surface area contributed by atoms with Crippen molar-refractivity contribution in [3.63, 3.8) is 0 Å². The van der Waals surface area contributed by atoms with Gasteiger partial charge in [-0.1, -0.05) is 11.6 Å². The minimum absolute atomic E-state index is 0.0233. The second-order valence-corrected chi connectivity index (χ2v) is 5.65. The van der Waals surface area contributed by atoms with E-state index in [-0.39, 0.29) is 17.1 Å². The molecule has 3 rings (SSSR count). The van der Waals surface area contributed by atoms with Gasteiger partial charge < -0.3 is 4.40 Å². The summed E-state index contributed by atoms with van der Waals surface area (Å²) in [6.07, 6.45) is 6.06. The molecule has 0 bridgehead atoms. The Morgan fingerprint density at radius 3 is 3.15 bits per heavy atom. The highest BCUT2D eigenvalue weighted by atomic mass is 35.5. The molecule has 0 spiro atoms. The number of fused-ring (bicyclic) bond motifs is 1. The summed E-state index contributed by atoms with van der Waals surface area (Å²) in [6.45, 7) is 0.144. The molecule has 0 radical (unpaired) electrons. The highest BCUT2D eigenvalue weighted by molar-refractivity contribution is 7.83. The fraction of sp³-hybridized carbons (Fsp3) is 0.0909. The van der Waals surface area contributed by atoms with Crippen molar-refractivity contribution in [1.82, 2.24) is 24.3 Å². The third kappa shape index (κ3) is 2.33. The zero-order valence-electron chi connectivity index (χ0n) is 10.0. The molecule has 1 atom stereocenters. The third-order valence-electron chi connectivity index (χ3n) is 2.73. The minimum Gasteiger partial charge on any atom is -0.303 e. The maximum Gasteiger partial charge on any atom is 0.167 e. The normalized spacial score (nSPS) is 12.9. The first-order valence-electron chi connectivity index (χ1n) is 5.60. The average Bonchev–Trinajstić information content (AvgIpc) is 3.09. The summed E-state index contributed by atoms with van der Waals surface area (Å²) >= 11 is 5.75. The number of nitrogens with zero attached hydrogens (tertiary/aromatic N) is 3. The van der Waals surface area contributed by atoms with E-state index in [1.165, 1.54) is 29.2 Å². The smallest absolute Gasteiger partial charge is 0.167 e. The number of halogens is 2. The van der Waals surface area contributed by atoms with E-state index in [1.54, 1.807) is 6.20 Å². The van der Waals surface area contributed by atoms with E-state index < -0.39 is 16.8 Å². The molecule has 2 N–H and O–H groups in total. The minimum atomic E-state index is -1.44. The molecular weight excluding hydrogens is 305 g/mol. The number of nitrogens with one attached hydrogen (secondary N) is 2. The van der Waals surface area contributed by atoms with Crippen LogP contribution in [0.4, 0.5) is 4.39 Å².